The number of hydrogen-bond donors (Lipinski definition) is 2. The van der Waals surface area contributed by atoms with Crippen molar-refractivity contribution in [3.63, 3.8) is 0 Å². The standard InChI is InChI=1S/C27H28ClF3N4O3/c28-23-13-19(27(29,30)31)8-9-24(23)38-26-22(7-4-11-33-26)25(36)34-21(15-35-12-10-20(32)14-35)17-37-16-18-5-2-1-3-6-18/h1-9,11,13,20-21H,10,12,14-17,32H2,(H,34,36). The Labute approximate surface area is 223 Å². The predicted molar refractivity (Wildman–Crippen MR) is 137 cm³/mol. The van der Waals surface area contributed by atoms with Crippen molar-refractivity contribution in [1.82, 2.24) is 15.2 Å². The summed E-state index contributed by atoms with van der Waals surface area (Å²) in [5.41, 5.74) is 6.26. The largest absolute Gasteiger partial charge is 0.437 e. The minimum atomic E-state index is -4.55. The Morgan fingerprint density at radius 3 is 2.66 bits per heavy atom. The zero-order chi connectivity index (χ0) is 27.1. The second-order valence-corrected chi connectivity index (χ2v) is 9.49. The maximum absolute atomic E-state index is 13.3. The molecule has 1 aromatic heterocycles. The van der Waals surface area contributed by atoms with Crippen LogP contribution in [0.3, 0.4) is 0 Å². The van der Waals surface area contributed by atoms with Gasteiger partial charge in [-0.1, -0.05) is 41.9 Å². The first-order valence-corrected chi connectivity index (χ1v) is 12.5. The van der Waals surface area contributed by atoms with Gasteiger partial charge >= 0.3 is 6.18 Å². The summed E-state index contributed by atoms with van der Waals surface area (Å²) in [6.07, 6.45) is -2.26. The molecule has 1 aliphatic heterocycles. The van der Waals surface area contributed by atoms with Crippen molar-refractivity contribution in [2.75, 3.05) is 26.2 Å². The lowest BCUT2D eigenvalue weighted by atomic mass is 10.2. The van der Waals surface area contributed by atoms with E-state index in [-0.39, 0.29) is 40.9 Å². The Balaban J connectivity index is 1.46. The van der Waals surface area contributed by atoms with Crippen molar-refractivity contribution in [2.24, 2.45) is 5.73 Å². The van der Waals surface area contributed by atoms with Gasteiger partial charge in [-0.2, -0.15) is 13.2 Å². The van der Waals surface area contributed by atoms with E-state index < -0.39 is 17.6 Å². The molecule has 0 saturated carbocycles. The smallest absolute Gasteiger partial charge is 0.416 e. The fraction of sp³-hybridized carbons (Fsp3) is 0.333. The van der Waals surface area contributed by atoms with Crippen LogP contribution in [-0.4, -0.2) is 54.1 Å². The molecule has 3 aromatic rings. The Kier molecular flexibility index (Phi) is 9.22. The molecular weight excluding hydrogens is 521 g/mol. The monoisotopic (exact) mass is 548 g/mol. The molecule has 2 atom stereocenters. The number of alkyl halides is 3. The van der Waals surface area contributed by atoms with E-state index in [1.807, 2.05) is 30.3 Å². The van der Waals surface area contributed by atoms with E-state index in [0.29, 0.717) is 13.2 Å². The molecule has 3 N–H and O–H groups in total. The number of amides is 1. The van der Waals surface area contributed by atoms with E-state index in [1.54, 1.807) is 6.07 Å². The number of carbonyl (C=O) groups excluding carboxylic acids is 1. The lowest BCUT2D eigenvalue weighted by Crippen LogP contribution is -2.46. The molecule has 4 rings (SSSR count). The van der Waals surface area contributed by atoms with Gasteiger partial charge in [0.2, 0.25) is 5.88 Å². The van der Waals surface area contributed by atoms with Crippen LogP contribution >= 0.6 is 11.6 Å². The zero-order valence-corrected chi connectivity index (χ0v) is 21.2. The second kappa shape index (κ2) is 12.6. The summed E-state index contributed by atoms with van der Waals surface area (Å²) in [5.74, 6) is -0.604. The van der Waals surface area contributed by atoms with Crippen LogP contribution in [0.5, 0.6) is 11.6 Å². The van der Waals surface area contributed by atoms with Crippen LogP contribution in [0, 0.1) is 0 Å². The average molecular weight is 549 g/mol. The number of carbonyl (C=O) groups is 1. The summed E-state index contributed by atoms with van der Waals surface area (Å²) in [5, 5.41) is 2.73. The number of ether oxygens (including phenoxy) is 2. The molecule has 0 aliphatic carbocycles. The Morgan fingerprint density at radius 1 is 1.18 bits per heavy atom. The van der Waals surface area contributed by atoms with E-state index in [4.69, 9.17) is 26.8 Å². The predicted octanol–water partition coefficient (Wildman–Crippen LogP) is 4.89. The molecule has 7 nitrogen and oxygen atoms in total. The highest BCUT2D eigenvalue weighted by atomic mass is 35.5. The molecule has 1 amide bonds. The van der Waals surface area contributed by atoms with Crippen LogP contribution < -0.4 is 15.8 Å². The topological polar surface area (TPSA) is 89.7 Å². The Morgan fingerprint density at radius 2 is 1.97 bits per heavy atom. The number of rotatable bonds is 10. The van der Waals surface area contributed by atoms with Gasteiger partial charge in [0.1, 0.15) is 11.3 Å². The maximum Gasteiger partial charge on any atom is 0.416 e. The molecule has 202 valence electrons. The van der Waals surface area contributed by atoms with Crippen molar-refractivity contribution in [3.8, 4) is 11.6 Å². The molecular formula is C27H28ClF3N4O3. The minimum absolute atomic E-state index is 0.0544. The molecule has 2 unspecified atom stereocenters. The first-order chi connectivity index (χ1) is 18.2. The summed E-state index contributed by atoms with van der Waals surface area (Å²) >= 11 is 6.03. The van der Waals surface area contributed by atoms with Crippen LogP contribution in [0.1, 0.15) is 27.9 Å². The molecule has 1 aliphatic rings. The van der Waals surface area contributed by atoms with Crippen LogP contribution in [0.2, 0.25) is 5.02 Å². The van der Waals surface area contributed by atoms with Crippen molar-refractivity contribution in [2.45, 2.75) is 31.3 Å². The van der Waals surface area contributed by atoms with Crippen LogP contribution in [-0.2, 0) is 17.5 Å². The summed E-state index contributed by atoms with van der Waals surface area (Å²) in [6, 6.07) is 15.2. The summed E-state index contributed by atoms with van der Waals surface area (Å²) in [7, 11) is 0. The average Bonchev–Trinajstić information content (AvgIpc) is 3.29. The van der Waals surface area contributed by atoms with Gasteiger partial charge < -0.3 is 20.5 Å². The van der Waals surface area contributed by atoms with Gasteiger partial charge in [-0.15, -0.1) is 0 Å². The highest BCUT2D eigenvalue weighted by Gasteiger charge is 2.31. The highest BCUT2D eigenvalue weighted by molar-refractivity contribution is 6.32. The first kappa shape index (κ1) is 27.8. The van der Waals surface area contributed by atoms with Crippen molar-refractivity contribution >= 4 is 17.5 Å². The molecule has 0 spiro atoms. The number of pyridine rings is 1. The van der Waals surface area contributed by atoms with Gasteiger partial charge in [0.25, 0.3) is 5.91 Å². The number of likely N-dealkylation sites (tertiary alicyclic amines) is 1. The quantitative estimate of drug-likeness (QED) is 0.375. The van der Waals surface area contributed by atoms with E-state index >= 15 is 0 Å². The molecule has 11 heteroatoms. The minimum Gasteiger partial charge on any atom is -0.437 e. The fourth-order valence-electron chi connectivity index (χ4n) is 4.15. The molecule has 0 radical (unpaired) electrons. The molecule has 2 heterocycles. The number of hydrogen-bond acceptors (Lipinski definition) is 6. The van der Waals surface area contributed by atoms with Crippen molar-refractivity contribution in [1.29, 1.82) is 0 Å². The first-order valence-electron chi connectivity index (χ1n) is 12.1. The van der Waals surface area contributed by atoms with Gasteiger partial charge in [-0.25, -0.2) is 4.98 Å². The van der Waals surface area contributed by atoms with Gasteiger partial charge in [-0.3, -0.25) is 9.69 Å². The number of benzene rings is 2. The molecule has 1 fully saturated rings. The van der Waals surface area contributed by atoms with Gasteiger partial charge in [-0.05, 0) is 48.9 Å². The number of nitrogens with zero attached hydrogens (tertiary/aromatic N) is 2. The SMILES string of the molecule is NC1CCN(CC(COCc2ccccc2)NC(=O)c2cccnc2Oc2ccc(C(F)(F)F)cc2Cl)C1. The summed E-state index contributed by atoms with van der Waals surface area (Å²) in [4.78, 5) is 19.6. The molecule has 1 saturated heterocycles. The second-order valence-electron chi connectivity index (χ2n) is 9.08. The zero-order valence-electron chi connectivity index (χ0n) is 20.5. The lowest BCUT2D eigenvalue weighted by molar-refractivity contribution is -0.137. The van der Waals surface area contributed by atoms with Gasteiger partial charge in [0.05, 0.1) is 29.8 Å². The van der Waals surface area contributed by atoms with E-state index in [1.165, 1.54) is 12.3 Å². The summed E-state index contributed by atoms with van der Waals surface area (Å²) in [6.45, 7) is 2.72. The third-order valence-electron chi connectivity index (χ3n) is 6.03. The Bertz CT molecular complexity index is 1230. The van der Waals surface area contributed by atoms with Crippen LogP contribution in [0.15, 0.2) is 66.9 Å². The van der Waals surface area contributed by atoms with E-state index in [9.17, 15) is 18.0 Å². The number of halogens is 4. The molecule has 0 bridgehead atoms. The highest BCUT2D eigenvalue weighted by Crippen LogP contribution is 2.36. The van der Waals surface area contributed by atoms with Crippen molar-refractivity contribution < 1.29 is 27.4 Å². The van der Waals surface area contributed by atoms with Crippen LogP contribution in [0.4, 0.5) is 13.2 Å². The summed E-state index contributed by atoms with van der Waals surface area (Å²) < 4.78 is 50.5. The lowest BCUT2D eigenvalue weighted by Gasteiger charge is -2.25. The Hall–Kier alpha value is -3.18. The van der Waals surface area contributed by atoms with E-state index in [0.717, 1.165) is 43.3 Å². The number of nitrogens with one attached hydrogen (secondary N) is 1. The van der Waals surface area contributed by atoms with Gasteiger partial charge in [0.15, 0.2) is 0 Å². The van der Waals surface area contributed by atoms with Crippen LogP contribution in [0.25, 0.3) is 0 Å². The van der Waals surface area contributed by atoms with Gasteiger partial charge in [0, 0.05) is 25.3 Å². The molecule has 2 aromatic carbocycles. The fourth-order valence-corrected chi connectivity index (χ4v) is 4.36. The number of aromatic nitrogens is 1. The third kappa shape index (κ3) is 7.67. The number of nitrogens with two attached hydrogens (primary N) is 1. The third-order valence-corrected chi connectivity index (χ3v) is 6.33. The molecule has 38 heavy (non-hydrogen) atoms. The van der Waals surface area contributed by atoms with E-state index in [2.05, 4.69) is 15.2 Å². The van der Waals surface area contributed by atoms with Crippen molar-refractivity contribution in [3.05, 3.63) is 88.6 Å². The normalized spacial score (nSPS) is 16.8. The maximum atomic E-state index is 13.3.